The summed E-state index contributed by atoms with van der Waals surface area (Å²) in [5.74, 6) is -0.807. The summed E-state index contributed by atoms with van der Waals surface area (Å²) in [4.78, 5) is 22.3. The Morgan fingerprint density at radius 1 is 1.44 bits per heavy atom. The minimum absolute atomic E-state index is 0.222. The van der Waals surface area contributed by atoms with Crippen molar-refractivity contribution >= 4 is 5.97 Å². The van der Waals surface area contributed by atoms with Crippen LogP contribution in [0.1, 0.15) is 23.4 Å². The first-order chi connectivity index (χ1) is 7.72. The number of nitrogens with zero attached hydrogens (tertiary/aromatic N) is 5. The number of hydrogen-bond donors (Lipinski definition) is 1. The van der Waals surface area contributed by atoms with Crippen molar-refractivity contribution in [3.63, 3.8) is 0 Å². The molecule has 0 bridgehead atoms. The van der Waals surface area contributed by atoms with Gasteiger partial charge in [0.15, 0.2) is 0 Å². The molecule has 7 nitrogen and oxygen atoms in total. The van der Waals surface area contributed by atoms with E-state index in [1.165, 1.54) is 11.0 Å². The molecule has 0 unspecified atom stereocenters. The van der Waals surface area contributed by atoms with Crippen LogP contribution in [0.5, 0.6) is 0 Å². The highest BCUT2D eigenvalue weighted by molar-refractivity contribution is 5.83. The molecule has 0 radical (unpaired) electrons. The van der Waals surface area contributed by atoms with E-state index in [9.17, 15) is 4.79 Å². The third kappa shape index (κ3) is 1.74. The molecule has 0 aliphatic rings. The Kier molecular flexibility index (Phi) is 2.59. The number of aromatic carboxylic acids is 1. The monoisotopic (exact) mass is 219 g/mol. The van der Waals surface area contributed by atoms with Crippen molar-refractivity contribution in [1.82, 2.24) is 24.7 Å². The molecule has 2 heterocycles. The van der Waals surface area contributed by atoms with Crippen LogP contribution in [0.15, 0.2) is 18.7 Å². The van der Waals surface area contributed by atoms with E-state index in [1.54, 1.807) is 12.4 Å². The van der Waals surface area contributed by atoms with E-state index in [2.05, 4.69) is 20.1 Å². The van der Waals surface area contributed by atoms with Gasteiger partial charge in [-0.1, -0.05) is 6.92 Å². The molecule has 82 valence electrons. The fourth-order valence-corrected chi connectivity index (χ4v) is 1.27. The predicted molar refractivity (Wildman–Crippen MR) is 53.3 cm³/mol. The van der Waals surface area contributed by atoms with Gasteiger partial charge in [-0.05, 0) is 0 Å². The standard InChI is InChI=1S/C9H9N5O2/c1-2-7-12-8(9(15)16)13-14(7)6-3-10-5-11-4-6/h3-5H,2H2,1H3,(H,15,16). The van der Waals surface area contributed by atoms with E-state index < -0.39 is 5.97 Å². The minimum atomic E-state index is -1.15. The average molecular weight is 219 g/mol. The molecule has 0 aliphatic carbocycles. The largest absolute Gasteiger partial charge is 0.475 e. The Labute approximate surface area is 90.8 Å². The van der Waals surface area contributed by atoms with Crippen molar-refractivity contribution in [3.8, 4) is 5.69 Å². The Bertz CT molecular complexity index is 508. The van der Waals surface area contributed by atoms with E-state index in [0.29, 0.717) is 17.9 Å². The Balaban J connectivity index is 2.52. The number of rotatable bonds is 3. The third-order valence-electron chi connectivity index (χ3n) is 1.97. The average Bonchev–Trinajstić information content (AvgIpc) is 2.74. The van der Waals surface area contributed by atoms with E-state index in [1.807, 2.05) is 6.92 Å². The van der Waals surface area contributed by atoms with Crippen LogP contribution in [0, 0.1) is 0 Å². The second-order valence-corrected chi connectivity index (χ2v) is 3.02. The first kappa shape index (κ1) is 10.2. The van der Waals surface area contributed by atoms with Gasteiger partial charge in [0.1, 0.15) is 17.8 Å². The summed E-state index contributed by atoms with van der Waals surface area (Å²) < 4.78 is 1.43. The first-order valence-electron chi connectivity index (χ1n) is 4.67. The first-order valence-corrected chi connectivity index (χ1v) is 4.67. The molecule has 0 saturated heterocycles. The van der Waals surface area contributed by atoms with Crippen molar-refractivity contribution in [2.45, 2.75) is 13.3 Å². The number of aryl methyl sites for hydroxylation is 1. The molecule has 0 aromatic carbocycles. The minimum Gasteiger partial charge on any atom is -0.475 e. The highest BCUT2D eigenvalue weighted by Gasteiger charge is 2.15. The van der Waals surface area contributed by atoms with Gasteiger partial charge in [0, 0.05) is 6.42 Å². The summed E-state index contributed by atoms with van der Waals surface area (Å²) in [6.45, 7) is 1.87. The second-order valence-electron chi connectivity index (χ2n) is 3.02. The number of carboxylic acid groups (broad SMARTS) is 1. The number of carbonyl (C=O) groups is 1. The lowest BCUT2D eigenvalue weighted by atomic mass is 10.4. The van der Waals surface area contributed by atoms with Gasteiger partial charge in [-0.3, -0.25) is 0 Å². The summed E-state index contributed by atoms with van der Waals surface area (Å²) in [5.41, 5.74) is 0.597. The molecule has 1 N–H and O–H groups in total. The van der Waals surface area contributed by atoms with E-state index in [4.69, 9.17) is 5.11 Å². The van der Waals surface area contributed by atoms with E-state index in [0.717, 1.165) is 0 Å². The summed E-state index contributed by atoms with van der Waals surface area (Å²) in [5, 5.41) is 12.7. The summed E-state index contributed by atoms with van der Waals surface area (Å²) in [6, 6.07) is 0. The molecule has 7 heteroatoms. The van der Waals surface area contributed by atoms with Crippen LogP contribution in [0.25, 0.3) is 5.69 Å². The number of hydrogen-bond acceptors (Lipinski definition) is 5. The summed E-state index contributed by atoms with van der Waals surface area (Å²) in [6.07, 6.45) is 5.07. The van der Waals surface area contributed by atoms with Crippen LogP contribution in [0.2, 0.25) is 0 Å². The van der Waals surface area contributed by atoms with Gasteiger partial charge in [0.05, 0.1) is 12.4 Å². The molecule has 0 atom stereocenters. The van der Waals surface area contributed by atoms with Gasteiger partial charge in [-0.25, -0.2) is 24.4 Å². The maximum Gasteiger partial charge on any atom is 0.375 e. The fourth-order valence-electron chi connectivity index (χ4n) is 1.27. The van der Waals surface area contributed by atoms with Crippen LogP contribution in [-0.4, -0.2) is 35.8 Å². The molecule has 16 heavy (non-hydrogen) atoms. The lowest BCUT2D eigenvalue weighted by Gasteiger charge is -2.01. The van der Waals surface area contributed by atoms with Gasteiger partial charge in [0.25, 0.3) is 5.82 Å². The molecule has 0 amide bonds. The highest BCUT2D eigenvalue weighted by Crippen LogP contribution is 2.07. The highest BCUT2D eigenvalue weighted by atomic mass is 16.4. The van der Waals surface area contributed by atoms with E-state index in [-0.39, 0.29) is 5.82 Å². The topological polar surface area (TPSA) is 93.8 Å². The van der Waals surface area contributed by atoms with Crippen LogP contribution < -0.4 is 0 Å². The lowest BCUT2D eigenvalue weighted by molar-refractivity contribution is 0.0683. The zero-order valence-electron chi connectivity index (χ0n) is 8.53. The smallest absolute Gasteiger partial charge is 0.375 e. The van der Waals surface area contributed by atoms with Crippen LogP contribution in [-0.2, 0) is 6.42 Å². The molecular formula is C9H9N5O2. The Morgan fingerprint density at radius 2 is 2.12 bits per heavy atom. The van der Waals surface area contributed by atoms with Gasteiger partial charge < -0.3 is 5.11 Å². The van der Waals surface area contributed by atoms with Gasteiger partial charge in [-0.2, -0.15) is 0 Å². The predicted octanol–water partition coefficient (Wildman–Crippen LogP) is 0.318. The maximum atomic E-state index is 10.7. The number of carboxylic acids is 1. The molecular weight excluding hydrogens is 210 g/mol. The zero-order valence-corrected chi connectivity index (χ0v) is 8.53. The van der Waals surface area contributed by atoms with E-state index >= 15 is 0 Å². The quantitative estimate of drug-likeness (QED) is 0.798. The molecule has 2 rings (SSSR count). The van der Waals surface area contributed by atoms with Crippen molar-refractivity contribution < 1.29 is 9.90 Å². The van der Waals surface area contributed by atoms with Crippen molar-refractivity contribution in [2.24, 2.45) is 0 Å². The molecule has 2 aromatic heterocycles. The van der Waals surface area contributed by atoms with Gasteiger partial charge in [0.2, 0.25) is 0 Å². The van der Waals surface area contributed by atoms with Gasteiger partial charge >= 0.3 is 5.97 Å². The van der Waals surface area contributed by atoms with Crippen molar-refractivity contribution in [3.05, 3.63) is 30.4 Å². The lowest BCUT2D eigenvalue weighted by Crippen LogP contribution is -2.04. The maximum absolute atomic E-state index is 10.7. The van der Waals surface area contributed by atoms with Crippen LogP contribution in [0.4, 0.5) is 0 Å². The van der Waals surface area contributed by atoms with Gasteiger partial charge in [-0.15, -0.1) is 5.10 Å². The molecule has 0 spiro atoms. The van der Waals surface area contributed by atoms with Crippen LogP contribution in [0.3, 0.4) is 0 Å². The Morgan fingerprint density at radius 3 is 2.69 bits per heavy atom. The molecule has 0 fully saturated rings. The Hall–Kier alpha value is -2.31. The summed E-state index contributed by atoms with van der Waals surface area (Å²) in [7, 11) is 0. The molecule has 2 aromatic rings. The van der Waals surface area contributed by atoms with Crippen LogP contribution >= 0.6 is 0 Å². The van der Waals surface area contributed by atoms with Crippen molar-refractivity contribution in [1.29, 1.82) is 0 Å². The SMILES string of the molecule is CCc1nc(C(=O)O)nn1-c1cncnc1. The summed E-state index contributed by atoms with van der Waals surface area (Å²) >= 11 is 0. The van der Waals surface area contributed by atoms with Crippen molar-refractivity contribution in [2.75, 3.05) is 0 Å². The number of aromatic nitrogens is 5. The zero-order chi connectivity index (χ0) is 11.5. The third-order valence-corrected chi connectivity index (χ3v) is 1.97. The molecule has 0 saturated carbocycles. The second kappa shape index (κ2) is 4.05. The normalized spacial score (nSPS) is 10.3. The molecule has 0 aliphatic heterocycles. The fraction of sp³-hybridized carbons (Fsp3) is 0.222.